The van der Waals surface area contributed by atoms with Crippen molar-refractivity contribution in [2.75, 3.05) is 23.2 Å². The number of hydrogen-bond donors (Lipinski definition) is 3. The van der Waals surface area contributed by atoms with Crippen LogP contribution in [-0.4, -0.2) is 50.3 Å². The molecule has 0 spiro atoms. The van der Waals surface area contributed by atoms with Crippen LogP contribution in [0.5, 0.6) is 0 Å². The number of thiophene rings is 1. The van der Waals surface area contributed by atoms with Crippen LogP contribution in [0, 0.1) is 0 Å². The highest BCUT2D eigenvalue weighted by atomic mass is 35.5. The first kappa shape index (κ1) is 27.5. The van der Waals surface area contributed by atoms with Gasteiger partial charge >= 0.3 is 18.1 Å². The number of rotatable bonds is 8. The van der Waals surface area contributed by atoms with Gasteiger partial charge in [0.05, 0.1) is 15.6 Å². The Balaban J connectivity index is 0.000000633. The Morgan fingerprint density at radius 1 is 1.19 bits per heavy atom. The van der Waals surface area contributed by atoms with E-state index in [1.165, 1.54) is 18.2 Å². The Hall–Kier alpha value is -2.51. The topological polar surface area (TPSA) is 124 Å². The molecule has 1 heterocycles. The van der Waals surface area contributed by atoms with Crippen molar-refractivity contribution in [3.63, 3.8) is 0 Å². The van der Waals surface area contributed by atoms with E-state index in [1.807, 2.05) is 11.9 Å². The third-order valence-corrected chi connectivity index (χ3v) is 6.90. The first-order chi connectivity index (χ1) is 14.7. The van der Waals surface area contributed by atoms with Crippen molar-refractivity contribution >= 4 is 56.3 Å². The van der Waals surface area contributed by atoms with Crippen molar-refractivity contribution in [1.29, 1.82) is 0 Å². The van der Waals surface area contributed by atoms with E-state index in [-0.39, 0.29) is 15.5 Å². The molecule has 0 atom stereocenters. The molecular weight excluding hydrogens is 497 g/mol. The molecule has 0 aliphatic rings. The van der Waals surface area contributed by atoms with E-state index < -0.39 is 28.1 Å². The molecule has 8 nitrogen and oxygen atoms in total. The molecule has 0 radical (unpaired) electrons. The highest BCUT2D eigenvalue weighted by Gasteiger charge is 2.38. The van der Waals surface area contributed by atoms with Gasteiger partial charge in [-0.2, -0.15) is 13.2 Å². The molecular formula is C18H20ClF3N2O6S2. The standard InChI is InChI=1S/C16H19ClN2O4S2.C2HF3O2/c1-3-4-9-19(2)13-6-5-11(10-12(13)16(20)21)18-25(22,23)15-8-7-14(17)24-15;3-2(4,5)1(6)7/h5-8,10,18H,3-4,9H2,1-2H3,(H,20,21);(H,6,7). The average Bonchev–Trinajstić information content (AvgIpc) is 3.13. The van der Waals surface area contributed by atoms with Crippen LogP contribution in [0.2, 0.25) is 4.34 Å². The lowest BCUT2D eigenvalue weighted by Crippen LogP contribution is -2.21. The van der Waals surface area contributed by atoms with Gasteiger partial charge in [-0.15, -0.1) is 11.3 Å². The molecule has 14 heteroatoms. The van der Waals surface area contributed by atoms with Gasteiger partial charge in [-0.3, -0.25) is 4.72 Å². The van der Waals surface area contributed by atoms with Crippen LogP contribution in [-0.2, 0) is 14.8 Å². The first-order valence-corrected chi connectivity index (χ1v) is 11.5. The van der Waals surface area contributed by atoms with E-state index in [1.54, 1.807) is 12.1 Å². The van der Waals surface area contributed by atoms with Gasteiger partial charge in [0, 0.05) is 19.3 Å². The van der Waals surface area contributed by atoms with Gasteiger partial charge in [0.1, 0.15) is 4.21 Å². The van der Waals surface area contributed by atoms with Crippen LogP contribution >= 0.6 is 22.9 Å². The first-order valence-electron chi connectivity index (χ1n) is 8.85. The number of nitrogens with one attached hydrogen (secondary N) is 1. The van der Waals surface area contributed by atoms with Crippen LogP contribution < -0.4 is 9.62 Å². The Morgan fingerprint density at radius 3 is 2.22 bits per heavy atom. The van der Waals surface area contributed by atoms with E-state index >= 15 is 0 Å². The van der Waals surface area contributed by atoms with Crippen molar-refractivity contribution < 1.29 is 41.4 Å². The molecule has 0 bridgehead atoms. The van der Waals surface area contributed by atoms with E-state index in [4.69, 9.17) is 21.5 Å². The highest BCUT2D eigenvalue weighted by Crippen LogP contribution is 2.29. The van der Waals surface area contributed by atoms with Crippen LogP contribution in [0.3, 0.4) is 0 Å². The van der Waals surface area contributed by atoms with Crippen molar-refractivity contribution in [2.24, 2.45) is 0 Å². The number of carbonyl (C=O) groups is 2. The SMILES string of the molecule is CCCCN(C)c1ccc(NS(=O)(=O)c2ccc(Cl)s2)cc1C(=O)O.O=C(O)C(F)(F)F. The molecule has 1 aromatic heterocycles. The van der Waals surface area contributed by atoms with Crippen LogP contribution in [0.15, 0.2) is 34.5 Å². The van der Waals surface area contributed by atoms with Crippen LogP contribution in [0.4, 0.5) is 24.5 Å². The molecule has 178 valence electrons. The Bertz CT molecular complexity index is 1060. The predicted octanol–water partition coefficient (Wildman–Crippen LogP) is 4.77. The lowest BCUT2D eigenvalue weighted by Gasteiger charge is -2.21. The number of halogens is 4. The zero-order valence-corrected chi connectivity index (χ0v) is 19.2. The Kier molecular flexibility index (Phi) is 9.79. The molecule has 0 amide bonds. The number of hydrogen-bond acceptors (Lipinski definition) is 6. The van der Waals surface area contributed by atoms with E-state index in [9.17, 15) is 31.5 Å². The van der Waals surface area contributed by atoms with Crippen molar-refractivity contribution in [3.8, 4) is 0 Å². The van der Waals surface area contributed by atoms with Crippen molar-refractivity contribution in [1.82, 2.24) is 0 Å². The summed E-state index contributed by atoms with van der Waals surface area (Å²) < 4.78 is 59.2. The minimum absolute atomic E-state index is 0.0445. The van der Waals surface area contributed by atoms with E-state index in [0.717, 1.165) is 30.7 Å². The fourth-order valence-corrected chi connectivity index (χ4v) is 4.80. The van der Waals surface area contributed by atoms with Crippen molar-refractivity contribution in [3.05, 3.63) is 40.2 Å². The van der Waals surface area contributed by atoms with Crippen molar-refractivity contribution in [2.45, 2.75) is 30.2 Å². The smallest absolute Gasteiger partial charge is 0.478 e. The maximum Gasteiger partial charge on any atom is 0.490 e. The van der Waals surface area contributed by atoms with Gasteiger partial charge in [-0.05, 0) is 36.8 Å². The maximum atomic E-state index is 12.3. The summed E-state index contributed by atoms with van der Waals surface area (Å²) in [5.41, 5.74) is 0.778. The largest absolute Gasteiger partial charge is 0.490 e. The number of alkyl halides is 3. The number of aliphatic carboxylic acids is 1. The highest BCUT2D eigenvalue weighted by molar-refractivity contribution is 7.94. The summed E-state index contributed by atoms with van der Waals surface area (Å²) in [5, 5.41) is 16.6. The number of carboxylic acid groups (broad SMARTS) is 2. The summed E-state index contributed by atoms with van der Waals surface area (Å²) in [4.78, 5) is 22.3. The molecule has 2 rings (SSSR count). The molecule has 0 unspecified atom stereocenters. The lowest BCUT2D eigenvalue weighted by molar-refractivity contribution is -0.192. The van der Waals surface area contributed by atoms with Gasteiger partial charge in [0.25, 0.3) is 10.0 Å². The molecule has 3 N–H and O–H groups in total. The predicted molar refractivity (Wildman–Crippen MR) is 115 cm³/mol. The maximum absolute atomic E-state index is 12.3. The fraction of sp³-hybridized carbons (Fsp3) is 0.333. The second kappa shape index (κ2) is 11.4. The normalized spacial score (nSPS) is 11.3. The molecule has 1 aromatic carbocycles. The summed E-state index contributed by atoms with van der Waals surface area (Å²) >= 11 is 6.71. The second-order valence-corrected chi connectivity index (χ2v) is 9.90. The van der Waals surface area contributed by atoms with Gasteiger partial charge in [-0.25, -0.2) is 18.0 Å². The third kappa shape index (κ3) is 8.20. The Labute approximate surface area is 191 Å². The third-order valence-electron chi connectivity index (χ3n) is 3.79. The number of unbranched alkanes of at least 4 members (excludes halogenated alkanes) is 1. The molecule has 0 saturated heterocycles. The monoisotopic (exact) mass is 516 g/mol. The summed E-state index contributed by atoms with van der Waals surface area (Å²) in [6.45, 7) is 2.77. The van der Waals surface area contributed by atoms with Gasteiger partial charge in [0.2, 0.25) is 0 Å². The Morgan fingerprint density at radius 2 is 1.78 bits per heavy atom. The molecule has 0 fully saturated rings. The van der Waals surface area contributed by atoms with E-state index in [0.29, 0.717) is 10.0 Å². The van der Waals surface area contributed by atoms with E-state index in [2.05, 4.69) is 11.6 Å². The molecule has 32 heavy (non-hydrogen) atoms. The summed E-state index contributed by atoms with van der Waals surface area (Å²) in [7, 11) is -1.99. The second-order valence-electron chi connectivity index (χ2n) is 6.28. The summed E-state index contributed by atoms with van der Waals surface area (Å²) in [6.07, 6.45) is -3.16. The van der Waals surface area contributed by atoms with Crippen LogP contribution in [0.25, 0.3) is 0 Å². The number of carboxylic acids is 2. The molecule has 0 aliphatic carbocycles. The molecule has 0 aliphatic heterocycles. The van der Waals surface area contributed by atoms with Gasteiger partial charge in [-0.1, -0.05) is 24.9 Å². The van der Waals surface area contributed by atoms with Crippen LogP contribution in [0.1, 0.15) is 30.1 Å². The lowest BCUT2D eigenvalue weighted by atomic mass is 10.1. The number of sulfonamides is 1. The summed E-state index contributed by atoms with van der Waals surface area (Å²) in [6, 6.07) is 7.39. The van der Waals surface area contributed by atoms with Gasteiger partial charge < -0.3 is 15.1 Å². The minimum Gasteiger partial charge on any atom is -0.478 e. The molecule has 2 aromatic rings. The molecule has 0 saturated carbocycles. The zero-order valence-electron chi connectivity index (χ0n) is 16.8. The quantitative estimate of drug-likeness (QED) is 0.461. The fourth-order valence-electron chi connectivity index (χ4n) is 2.27. The number of aromatic carboxylic acids is 1. The minimum atomic E-state index is -5.08. The van der Waals surface area contributed by atoms with Gasteiger partial charge in [0.15, 0.2) is 0 Å². The summed E-state index contributed by atoms with van der Waals surface area (Å²) in [5.74, 6) is -3.87. The number of anilines is 2. The number of benzene rings is 1. The zero-order chi connectivity index (χ0) is 24.7. The number of nitrogens with zero attached hydrogens (tertiary/aromatic N) is 1. The average molecular weight is 517 g/mol.